The molecule has 5 heteroatoms. The molecule has 0 aliphatic carbocycles. The summed E-state index contributed by atoms with van der Waals surface area (Å²) in [6.07, 6.45) is 1.73. The number of aryl methyl sites for hydroxylation is 1. The van der Waals surface area contributed by atoms with Crippen LogP contribution in [-0.4, -0.2) is 29.8 Å². The zero-order valence-corrected chi connectivity index (χ0v) is 11.0. The van der Waals surface area contributed by atoms with Gasteiger partial charge in [-0.15, -0.1) is 0 Å². The second-order valence-corrected chi connectivity index (χ2v) is 4.09. The lowest BCUT2D eigenvalue weighted by molar-refractivity contribution is 0.0882. The average molecular weight is 239 g/mol. The summed E-state index contributed by atoms with van der Waals surface area (Å²) < 4.78 is 10.7. The van der Waals surface area contributed by atoms with Crippen molar-refractivity contribution in [2.45, 2.75) is 39.7 Å². The fraction of sp³-hybridized carbons (Fsp3) is 0.667. The first-order chi connectivity index (χ1) is 8.08. The summed E-state index contributed by atoms with van der Waals surface area (Å²) in [5.41, 5.74) is 6.62. The zero-order valence-electron chi connectivity index (χ0n) is 11.0. The molecule has 0 aliphatic heterocycles. The fourth-order valence-corrected chi connectivity index (χ4v) is 1.47. The molecule has 2 N–H and O–H groups in total. The summed E-state index contributed by atoms with van der Waals surface area (Å²) >= 11 is 0. The largest absolute Gasteiger partial charge is 0.472 e. The van der Waals surface area contributed by atoms with Gasteiger partial charge in [-0.25, -0.2) is 4.98 Å². The molecule has 0 aromatic carbocycles. The lowest BCUT2D eigenvalue weighted by atomic mass is 10.3. The molecule has 0 amide bonds. The van der Waals surface area contributed by atoms with Crippen LogP contribution in [0.5, 0.6) is 5.88 Å². The number of nitrogens with zero attached hydrogens (tertiary/aromatic N) is 2. The molecule has 0 aliphatic rings. The van der Waals surface area contributed by atoms with E-state index < -0.39 is 0 Å². The van der Waals surface area contributed by atoms with Crippen molar-refractivity contribution in [1.29, 1.82) is 0 Å². The molecular weight excluding hydrogens is 218 g/mol. The molecule has 1 unspecified atom stereocenters. The van der Waals surface area contributed by atoms with Gasteiger partial charge >= 0.3 is 0 Å². The Morgan fingerprint density at radius 3 is 2.65 bits per heavy atom. The number of rotatable bonds is 6. The van der Waals surface area contributed by atoms with E-state index in [0.29, 0.717) is 18.3 Å². The number of nitrogens with two attached hydrogens (primary N) is 1. The van der Waals surface area contributed by atoms with Crippen molar-refractivity contribution >= 4 is 5.82 Å². The van der Waals surface area contributed by atoms with E-state index in [4.69, 9.17) is 15.2 Å². The van der Waals surface area contributed by atoms with Crippen LogP contribution in [0, 0.1) is 6.92 Å². The molecule has 5 nitrogen and oxygen atoms in total. The van der Waals surface area contributed by atoms with Crippen molar-refractivity contribution in [3.05, 3.63) is 11.4 Å². The Balaban J connectivity index is 2.88. The maximum atomic E-state index is 5.84. The lowest BCUT2D eigenvalue weighted by Crippen LogP contribution is -2.20. The van der Waals surface area contributed by atoms with Gasteiger partial charge in [-0.2, -0.15) is 4.98 Å². The van der Waals surface area contributed by atoms with Crippen molar-refractivity contribution in [2.75, 3.05) is 19.5 Å². The Bertz CT molecular complexity index is 369. The molecule has 1 heterocycles. The van der Waals surface area contributed by atoms with Crippen molar-refractivity contribution in [2.24, 2.45) is 0 Å². The highest BCUT2D eigenvalue weighted by Gasteiger charge is 2.12. The molecule has 0 radical (unpaired) electrons. The van der Waals surface area contributed by atoms with Crippen LogP contribution in [0.3, 0.4) is 0 Å². The Hall–Kier alpha value is -1.36. The lowest BCUT2D eigenvalue weighted by Gasteiger charge is -2.16. The topological polar surface area (TPSA) is 70.3 Å². The van der Waals surface area contributed by atoms with Gasteiger partial charge in [0, 0.05) is 13.5 Å². The molecule has 1 aromatic rings. The highest BCUT2D eigenvalue weighted by Crippen LogP contribution is 2.21. The summed E-state index contributed by atoms with van der Waals surface area (Å²) in [7, 11) is 1.64. The van der Waals surface area contributed by atoms with Crippen LogP contribution in [-0.2, 0) is 11.2 Å². The van der Waals surface area contributed by atoms with Crippen molar-refractivity contribution in [1.82, 2.24) is 9.97 Å². The number of methoxy groups -OCH3 is 1. The predicted octanol–water partition coefficient (Wildman–Crippen LogP) is 1.73. The minimum atomic E-state index is -0.0533. The van der Waals surface area contributed by atoms with E-state index in [0.717, 1.165) is 24.2 Å². The molecule has 17 heavy (non-hydrogen) atoms. The van der Waals surface area contributed by atoms with Crippen LogP contribution < -0.4 is 10.5 Å². The molecule has 96 valence electrons. The van der Waals surface area contributed by atoms with Crippen LogP contribution in [0.1, 0.15) is 31.7 Å². The summed E-state index contributed by atoms with van der Waals surface area (Å²) in [6.45, 7) is 6.39. The van der Waals surface area contributed by atoms with Gasteiger partial charge in [0.05, 0.1) is 12.2 Å². The number of aromatic nitrogens is 2. The highest BCUT2D eigenvalue weighted by molar-refractivity contribution is 5.44. The number of ether oxygens (including phenoxy) is 2. The van der Waals surface area contributed by atoms with Crippen LogP contribution in [0.2, 0.25) is 0 Å². The Labute approximate surface area is 102 Å². The van der Waals surface area contributed by atoms with Crippen molar-refractivity contribution in [3.8, 4) is 5.88 Å². The molecule has 0 fully saturated rings. The Kier molecular flexibility index (Phi) is 5.15. The van der Waals surface area contributed by atoms with E-state index in [2.05, 4.69) is 16.9 Å². The van der Waals surface area contributed by atoms with Crippen LogP contribution in [0.25, 0.3) is 0 Å². The van der Waals surface area contributed by atoms with Gasteiger partial charge in [0.25, 0.3) is 0 Å². The van der Waals surface area contributed by atoms with Gasteiger partial charge in [0.2, 0.25) is 5.88 Å². The number of anilines is 1. The third kappa shape index (κ3) is 3.85. The average Bonchev–Trinajstić information content (AvgIpc) is 2.26. The summed E-state index contributed by atoms with van der Waals surface area (Å²) in [5, 5.41) is 0. The molecule has 0 saturated carbocycles. The van der Waals surface area contributed by atoms with Crippen molar-refractivity contribution < 1.29 is 9.47 Å². The second-order valence-electron chi connectivity index (χ2n) is 4.09. The second kappa shape index (κ2) is 6.39. The third-order valence-electron chi connectivity index (χ3n) is 2.37. The summed E-state index contributed by atoms with van der Waals surface area (Å²) in [5.74, 6) is 1.78. The number of hydrogen-bond acceptors (Lipinski definition) is 5. The molecule has 0 spiro atoms. The molecule has 0 bridgehead atoms. The van der Waals surface area contributed by atoms with Crippen molar-refractivity contribution in [3.63, 3.8) is 0 Å². The SMILES string of the molecule is CCCc1nc(N)c(C)c(OC(C)COC)n1. The maximum Gasteiger partial charge on any atom is 0.222 e. The normalized spacial score (nSPS) is 12.5. The van der Waals surface area contributed by atoms with Gasteiger partial charge in [-0.3, -0.25) is 0 Å². The van der Waals surface area contributed by atoms with E-state index in [1.54, 1.807) is 7.11 Å². The van der Waals surface area contributed by atoms with Gasteiger partial charge in [0.1, 0.15) is 17.7 Å². The molecule has 0 saturated heterocycles. The molecule has 1 rings (SSSR count). The summed E-state index contributed by atoms with van der Waals surface area (Å²) in [4.78, 5) is 8.61. The monoisotopic (exact) mass is 239 g/mol. The van der Waals surface area contributed by atoms with Gasteiger partial charge < -0.3 is 15.2 Å². The molecule has 1 atom stereocenters. The van der Waals surface area contributed by atoms with Gasteiger partial charge in [-0.1, -0.05) is 6.92 Å². The smallest absolute Gasteiger partial charge is 0.222 e. The Morgan fingerprint density at radius 1 is 1.35 bits per heavy atom. The first-order valence-electron chi connectivity index (χ1n) is 5.87. The molecular formula is C12H21N3O2. The first-order valence-corrected chi connectivity index (χ1v) is 5.87. The maximum absolute atomic E-state index is 5.84. The number of nitrogen functional groups attached to an aromatic ring is 1. The molecule has 1 aromatic heterocycles. The Morgan fingerprint density at radius 2 is 2.06 bits per heavy atom. The quantitative estimate of drug-likeness (QED) is 0.818. The first kappa shape index (κ1) is 13.7. The minimum Gasteiger partial charge on any atom is -0.472 e. The zero-order chi connectivity index (χ0) is 12.8. The third-order valence-corrected chi connectivity index (χ3v) is 2.37. The summed E-state index contributed by atoms with van der Waals surface area (Å²) in [6, 6.07) is 0. The van der Waals surface area contributed by atoms with E-state index in [9.17, 15) is 0 Å². The van der Waals surface area contributed by atoms with Crippen LogP contribution in [0.4, 0.5) is 5.82 Å². The van der Waals surface area contributed by atoms with E-state index >= 15 is 0 Å². The van der Waals surface area contributed by atoms with E-state index in [1.807, 2.05) is 13.8 Å². The van der Waals surface area contributed by atoms with E-state index in [-0.39, 0.29) is 6.10 Å². The van der Waals surface area contributed by atoms with Gasteiger partial charge in [0.15, 0.2) is 0 Å². The van der Waals surface area contributed by atoms with Gasteiger partial charge in [-0.05, 0) is 20.3 Å². The predicted molar refractivity (Wildman–Crippen MR) is 67.1 cm³/mol. The number of hydrogen-bond donors (Lipinski definition) is 1. The van der Waals surface area contributed by atoms with Crippen LogP contribution in [0.15, 0.2) is 0 Å². The van der Waals surface area contributed by atoms with Crippen LogP contribution >= 0.6 is 0 Å². The minimum absolute atomic E-state index is 0.0533. The highest BCUT2D eigenvalue weighted by atomic mass is 16.5. The standard InChI is InChI=1S/C12H21N3O2/c1-5-6-10-14-11(13)9(3)12(15-10)17-8(2)7-16-4/h8H,5-7H2,1-4H3,(H2,13,14,15). The van der Waals surface area contributed by atoms with E-state index in [1.165, 1.54) is 0 Å². The fourth-order valence-electron chi connectivity index (χ4n) is 1.47.